The highest BCUT2D eigenvalue weighted by molar-refractivity contribution is 7.85. The van der Waals surface area contributed by atoms with Crippen LogP contribution in [0.5, 0.6) is 0 Å². The highest BCUT2D eigenvalue weighted by Crippen LogP contribution is 2.23. The van der Waals surface area contributed by atoms with Crippen molar-refractivity contribution in [3.05, 3.63) is 62.8 Å². The molecule has 1 aliphatic rings. The van der Waals surface area contributed by atoms with E-state index < -0.39 is 22.0 Å². The van der Waals surface area contributed by atoms with Gasteiger partial charge in [0.15, 0.2) is 11.2 Å². The van der Waals surface area contributed by atoms with E-state index in [-0.39, 0.29) is 18.3 Å². The molecule has 0 radical (unpaired) electrons. The highest BCUT2D eigenvalue weighted by Gasteiger charge is 2.26. The van der Waals surface area contributed by atoms with Gasteiger partial charge in [-0.1, -0.05) is 29.8 Å². The average molecular weight is 485 g/mol. The molecule has 2 unspecified atom stereocenters. The van der Waals surface area contributed by atoms with E-state index in [9.17, 15) is 13.8 Å². The molecule has 2 atom stereocenters. The van der Waals surface area contributed by atoms with Crippen LogP contribution in [0.3, 0.4) is 0 Å². The number of anilines is 1. The number of fused-ring (bicyclic) bond motifs is 1. The summed E-state index contributed by atoms with van der Waals surface area (Å²) in [5.41, 5.74) is 7.18. The molecular weight excluding hydrogens is 452 g/mol. The van der Waals surface area contributed by atoms with Gasteiger partial charge in [-0.05, 0) is 38.8 Å². The Labute approximate surface area is 201 Å². The van der Waals surface area contributed by atoms with Gasteiger partial charge in [0.2, 0.25) is 5.95 Å². The fourth-order valence-corrected chi connectivity index (χ4v) is 5.35. The number of imidazole rings is 1. The Bertz CT molecular complexity index is 1350. The van der Waals surface area contributed by atoms with Crippen LogP contribution in [0.4, 0.5) is 5.95 Å². The zero-order chi connectivity index (χ0) is 24.4. The van der Waals surface area contributed by atoms with Gasteiger partial charge in [0.25, 0.3) is 5.56 Å². The summed E-state index contributed by atoms with van der Waals surface area (Å²) in [5, 5.41) is 0. The monoisotopic (exact) mass is 484 g/mol. The molecule has 3 aromatic rings. The number of hydrogen-bond donors (Lipinski definition) is 1. The van der Waals surface area contributed by atoms with Gasteiger partial charge in [-0.3, -0.25) is 18.1 Å². The molecular formula is C24H32N6O3S. The van der Waals surface area contributed by atoms with Crippen LogP contribution < -0.4 is 21.9 Å². The lowest BCUT2D eigenvalue weighted by Gasteiger charge is -2.31. The van der Waals surface area contributed by atoms with Crippen LogP contribution in [-0.4, -0.2) is 47.8 Å². The van der Waals surface area contributed by atoms with Crippen molar-refractivity contribution in [2.45, 2.75) is 50.7 Å². The SMILES string of the molecule is CC(C)=CCn1c(N2CCCC(N)C2)nc2c1c(=O)n(CCS(=O)c1ccccc1)c(=O)n2C. The number of hydrogen-bond acceptors (Lipinski definition) is 6. The molecule has 3 heterocycles. The van der Waals surface area contributed by atoms with Crippen molar-refractivity contribution < 1.29 is 4.21 Å². The Morgan fingerprint density at radius 2 is 1.94 bits per heavy atom. The molecule has 2 aromatic heterocycles. The number of benzene rings is 1. The van der Waals surface area contributed by atoms with Gasteiger partial charge < -0.3 is 15.2 Å². The zero-order valence-electron chi connectivity index (χ0n) is 19.9. The molecule has 10 heteroatoms. The lowest BCUT2D eigenvalue weighted by atomic mass is 10.1. The summed E-state index contributed by atoms with van der Waals surface area (Å²) in [4.78, 5) is 34.2. The van der Waals surface area contributed by atoms with Gasteiger partial charge in [0.05, 0.1) is 10.8 Å². The Morgan fingerprint density at radius 1 is 1.21 bits per heavy atom. The van der Waals surface area contributed by atoms with Crippen LogP contribution in [0.1, 0.15) is 26.7 Å². The number of nitrogens with zero attached hydrogens (tertiary/aromatic N) is 5. The number of nitrogens with two attached hydrogens (primary N) is 1. The second-order valence-electron chi connectivity index (χ2n) is 8.99. The van der Waals surface area contributed by atoms with Crippen molar-refractivity contribution in [2.75, 3.05) is 23.7 Å². The maximum absolute atomic E-state index is 13.6. The fraction of sp³-hybridized carbons (Fsp3) is 0.458. The van der Waals surface area contributed by atoms with Gasteiger partial charge in [-0.15, -0.1) is 0 Å². The largest absolute Gasteiger partial charge is 0.341 e. The number of allylic oxidation sites excluding steroid dienone is 2. The third-order valence-electron chi connectivity index (χ3n) is 6.14. The second kappa shape index (κ2) is 10.1. The minimum atomic E-state index is -1.32. The minimum Gasteiger partial charge on any atom is -0.341 e. The number of aromatic nitrogens is 4. The summed E-state index contributed by atoms with van der Waals surface area (Å²) in [5.74, 6) is 0.820. The smallest absolute Gasteiger partial charge is 0.332 e. The molecule has 0 saturated carbocycles. The first kappa shape index (κ1) is 24.2. The first-order chi connectivity index (χ1) is 16.3. The van der Waals surface area contributed by atoms with E-state index in [0.29, 0.717) is 35.1 Å². The molecule has 1 aliphatic heterocycles. The molecule has 0 aliphatic carbocycles. The van der Waals surface area contributed by atoms with Gasteiger partial charge >= 0.3 is 5.69 Å². The van der Waals surface area contributed by atoms with E-state index in [4.69, 9.17) is 10.7 Å². The fourth-order valence-electron chi connectivity index (χ4n) is 4.30. The molecule has 34 heavy (non-hydrogen) atoms. The van der Waals surface area contributed by atoms with E-state index in [0.717, 1.165) is 25.0 Å². The predicted octanol–water partition coefficient (Wildman–Crippen LogP) is 1.60. The van der Waals surface area contributed by atoms with Gasteiger partial charge in [0.1, 0.15) is 0 Å². The standard InChI is InChI=1S/C24H32N6O3S/c1-17(2)11-13-29-20-21(26-23(29)28-12-7-8-18(25)16-28)27(3)24(32)30(22(20)31)14-15-34(33)19-9-5-4-6-10-19/h4-6,9-11,18H,7-8,12-16,25H2,1-3H3. The summed E-state index contributed by atoms with van der Waals surface area (Å²) in [6.07, 6.45) is 3.93. The molecule has 0 amide bonds. The second-order valence-corrected chi connectivity index (χ2v) is 10.6. The lowest BCUT2D eigenvalue weighted by molar-refractivity contribution is 0.495. The van der Waals surface area contributed by atoms with Gasteiger partial charge in [0, 0.05) is 49.9 Å². The van der Waals surface area contributed by atoms with Crippen molar-refractivity contribution >= 4 is 27.9 Å². The van der Waals surface area contributed by atoms with Crippen molar-refractivity contribution in [1.82, 2.24) is 18.7 Å². The normalized spacial score (nSPS) is 17.2. The lowest BCUT2D eigenvalue weighted by Crippen LogP contribution is -2.44. The zero-order valence-corrected chi connectivity index (χ0v) is 20.8. The van der Waals surface area contributed by atoms with Gasteiger partial charge in [-0.25, -0.2) is 4.79 Å². The Hall–Kier alpha value is -2.98. The molecule has 1 saturated heterocycles. The third-order valence-corrected chi connectivity index (χ3v) is 7.49. The topological polar surface area (TPSA) is 108 Å². The van der Waals surface area contributed by atoms with Crippen LogP contribution >= 0.6 is 0 Å². The maximum atomic E-state index is 13.6. The van der Waals surface area contributed by atoms with Crippen molar-refractivity contribution in [1.29, 1.82) is 0 Å². The summed E-state index contributed by atoms with van der Waals surface area (Å²) >= 11 is 0. The average Bonchev–Trinajstić information content (AvgIpc) is 3.21. The van der Waals surface area contributed by atoms with E-state index >= 15 is 0 Å². The van der Waals surface area contributed by atoms with E-state index in [1.165, 1.54) is 9.13 Å². The van der Waals surface area contributed by atoms with Crippen LogP contribution in [0.2, 0.25) is 0 Å². The molecule has 2 N–H and O–H groups in total. The minimum absolute atomic E-state index is 0.0407. The van der Waals surface area contributed by atoms with Gasteiger partial charge in [-0.2, -0.15) is 4.98 Å². The Kier molecular flexibility index (Phi) is 7.18. The third kappa shape index (κ3) is 4.78. The predicted molar refractivity (Wildman–Crippen MR) is 136 cm³/mol. The van der Waals surface area contributed by atoms with Crippen LogP contribution in [0.25, 0.3) is 11.2 Å². The number of aryl methyl sites for hydroxylation is 1. The molecule has 1 fully saturated rings. The Balaban J connectivity index is 1.80. The number of rotatable bonds is 7. The number of piperidine rings is 1. The van der Waals surface area contributed by atoms with Crippen LogP contribution in [-0.2, 0) is 30.9 Å². The Morgan fingerprint density at radius 3 is 2.62 bits per heavy atom. The maximum Gasteiger partial charge on any atom is 0.332 e. The highest BCUT2D eigenvalue weighted by atomic mass is 32.2. The molecule has 0 bridgehead atoms. The van der Waals surface area contributed by atoms with Crippen molar-refractivity contribution in [3.63, 3.8) is 0 Å². The summed E-state index contributed by atoms with van der Waals surface area (Å²) < 4.78 is 17.2. The summed E-state index contributed by atoms with van der Waals surface area (Å²) in [6.45, 7) is 5.97. The molecule has 0 spiro atoms. The summed E-state index contributed by atoms with van der Waals surface area (Å²) in [6, 6.07) is 9.10. The molecule has 1 aromatic carbocycles. The van der Waals surface area contributed by atoms with E-state index in [1.807, 2.05) is 42.7 Å². The molecule has 4 rings (SSSR count). The first-order valence-electron chi connectivity index (χ1n) is 11.5. The van der Waals surface area contributed by atoms with Crippen molar-refractivity contribution in [3.8, 4) is 0 Å². The molecule has 9 nitrogen and oxygen atoms in total. The van der Waals surface area contributed by atoms with E-state index in [1.54, 1.807) is 19.2 Å². The van der Waals surface area contributed by atoms with Crippen LogP contribution in [0, 0.1) is 0 Å². The first-order valence-corrected chi connectivity index (χ1v) is 12.9. The van der Waals surface area contributed by atoms with Crippen molar-refractivity contribution in [2.24, 2.45) is 12.8 Å². The quantitative estimate of drug-likeness (QED) is 0.511. The molecule has 182 valence electrons. The van der Waals surface area contributed by atoms with Crippen LogP contribution in [0.15, 0.2) is 56.5 Å². The summed E-state index contributed by atoms with van der Waals surface area (Å²) in [7, 11) is 0.303. The van der Waals surface area contributed by atoms with E-state index in [2.05, 4.69) is 4.90 Å².